The van der Waals surface area contributed by atoms with Gasteiger partial charge in [-0.25, -0.2) is 0 Å². The Hall–Kier alpha value is -2.74. The van der Waals surface area contributed by atoms with Gasteiger partial charge < -0.3 is 19.8 Å². The number of carbonyl (C=O) groups is 1. The largest absolute Gasteiger partial charge is 0.497 e. The first kappa shape index (κ1) is 25.4. The van der Waals surface area contributed by atoms with Crippen LogP contribution in [0, 0.1) is 5.41 Å². The number of hydrogen-bond acceptors (Lipinski definition) is 6. The van der Waals surface area contributed by atoms with E-state index in [-0.39, 0.29) is 0 Å². The van der Waals surface area contributed by atoms with Gasteiger partial charge in [-0.05, 0) is 88.5 Å². The zero-order valence-corrected chi connectivity index (χ0v) is 20.7. The molecule has 8 heteroatoms. The van der Waals surface area contributed by atoms with E-state index < -0.39 is 17.5 Å². The first-order valence-corrected chi connectivity index (χ1v) is 12.5. The molecule has 0 saturated carbocycles. The van der Waals surface area contributed by atoms with Crippen molar-refractivity contribution in [2.24, 2.45) is 5.41 Å². The third-order valence-corrected chi connectivity index (χ3v) is 7.50. The van der Waals surface area contributed by atoms with Crippen LogP contribution in [0.2, 0.25) is 5.02 Å². The fourth-order valence-corrected chi connectivity index (χ4v) is 5.27. The van der Waals surface area contributed by atoms with Gasteiger partial charge in [0.25, 0.3) is 0 Å². The highest BCUT2D eigenvalue weighted by atomic mass is 35.5. The molecule has 0 radical (unpaired) electrons. The Balaban J connectivity index is 1.38. The summed E-state index contributed by atoms with van der Waals surface area (Å²) in [6.45, 7) is 2.40. The molecule has 0 spiro atoms. The zero-order chi connectivity index (χ0) is 24.8. The highest BCUT2D eigenvalue weighted by Gasteiger charge is 2.41. The van der Waals surface area contributed by atoms with E-state index in [9.17, 15) is 15.0 Å². The predicted octanol–water partition coefficient (Wildman–Crippen LogP) is 4.91. The van der Waals surface area contributed by atoms with Crippen molar-refractivity contribution in [2.45, 2.75) is 44.6 Å². The number of halogens is 1. The van der Waals surface area contributed by atoms with Crippen LogP contribution in [0.25, 0.3) is 10.9 Å². The Morgan fingerprint density at radius 2 is 2.03 bits per heavy atom. The van der Waals surface area contributed by atoms with E-state index in [2.05, 4.69) is 14.9 Å². The van der Waals surface area contributed by atoms with Crippen molar-refractivity contribution in [2.75, 3.05) is 26.7 Å². The minimum absolute atomic E-state index is 0.308. The Kier molecular flexibility index (Phi) is 8.21. The van der Waals surface area contributed by atoms with Crippen LogP contribution in [0.3, 0.4) is 0 Å². The molecule has 0 amide bonds. The fraction of sp³-hybridized carbons (Fsp3) is 0.444. The van der Waals surface area contributed by atoms with Gasteiger partial charge in [-0.2, -0.15) is 0 Å². The number of aromatic nitrogens is 2. The van der Waals surface area contributed by atoms with Gasteiger partial charge in [0.05, 0.1) is 29.2 Å². The summed E-state index contributed by atoms with van der Waals surface area (Å²) in [4.78, 5) is 23.4. The van der Waals surface area contributed by atoms with Crippen molar-refractivity contribution < 1.29 is 19.7 Å². The number of aliphatic hydroxyl groups excluding tert-OH is 1. The molecule has 4 rings (SSSR count). The summed E-state index contributed by atoms with van der Waals surface area (Å²) in [5, 5.41) is 22.3. The van der Waals surface area contributed by atoms with Crippen LogP contribution < -0.4 is 4.74 Å². The Morgan fingerprint density at radius 3 is 2.71 bits per heavy atom. The van der Waals surface area contributed by atoms with Crippen molar-refractivity contribution in [3.05, 3.63) is 65.1 Å². The maximum absolute atomic E-state index is 12.3. The van der Waals surface area contributed by atoms with Gasteiger partial charge in [-0.15, -0.1) is 0 Å². The fourth-order valence-electron chi connectivity index (χ4n) is 5.00. The summed E-state index contributed by atoms with van der Waals surface area (Å²) in [5.41, 5.74) is 1.52. The SMILES string of the molecule is COc1ccc2ncc(Cl)c([C@H](O)CCC3(C(=O)O)CCN(CCCc4ccccn4)CC3)c2c1. The first-order valence-electron chi connectivity index (χ1n) is 12.1. The summed E-state index contributed by atoms with van der Waals surface area (Å²) in [7, 11) is 1.58. The van der Waals surface area contributed by atoms with E-state index in [0.717, 1.165) is 43.6 Å². The van der Waals surface area contributed by atoms with Crippen LogP contribution >= 0.6 is 11.6 Å². The molecular formula is C27H32ClN3O4. The Bertz CT molecular complexity index is 1150. The number of carboxylic acid groups (broad SMARTS) is 1. The number of rotatable bonds is 10. The quantitative estimate of drug-likeness (QED) is 0.411. The number of aliphatic hydroxyl groups is 1. The average Bonchev–Trinajstić information content (AvgIpc) is 2.88. The van der Waals surface area contributed by atoms with Crippen molar-refractivity contribution >= 4 is 28.5 Å². The number of likely N-dealkylation sites (tertiary alicyclic amines) is 1. The standard InChI is InChI=1S/C27H32ClN3O4/c1-35-20-7-8-23-21(17-20)25(22(28)18-30-23)24(32)9-10-27(26(33)34)11-15-31(16-12-27)14-4-6-19-5-2-3-13-29-19/h2-3,5,7-8,13,17-18,24,32H,4,6,9-12,14-16H2,1H3,(H,33,34)/t24-/m1/s1. The lowest BCUT2D eigenvalue weighted by atomic mass is 9.74. The Labute approximate surface area is 210 Å². The maximum atomic E-state index is 12.3. The minimum Gasteiger partial charge on any atom is -0.497 e. The van der Waals surface area contributed by atoms with E-state index in [4.69, 9.17) is 16.3 Å². The second-order valence-corrected chi connectivity index (χ2v) is 9.72. The molecule has 0 unspecified atom stereocenters. The normalized spacial score (nSPS) is 16.8. The van der Waals surface area contributed by atoms with E-state index >= 15 is 0 Å². The molecule has 35 heavy (non-hydrogen) atoms. The van der Waals surface area contributed by atoms with Gasteiger partial charge in [-0.3, -0.25) is 14.8 Å². The van der Waals surface area contributed by atoms with Gasteiger partial charge in [0, 0.05) is 29.0 Å². The van der Waals surface area contributed by atoms with Gasteiger partial charge >= 0.3 is 5.97 Å². The highest BCUT2D eigenvalue weighted by Crippen LogP contribution is 2.41. The molecule has 1 fully saturated rings. The highest BCUT2D eigenvalue weighted by molar-refractivity contribution is 6.32. The summed E-state index contributed by atoms with van der Waals surface area (Å²) in [5.74, 6) is -0.141. The number of pyridine rings is 2. The lowest BCUT2D eigenvalue weighted by Gasteiger charge is -2.39. The summed E-state index contributed by atoms with van der Waals surface area (Å²) < 4.78 is 5.32. The number of benzene rings is 1. The van der Waals surface area contributed by atoms with Crippen molar-refractivity contribution in [3.63, 3.8) is 0 Å². The number of nitrogens with zero attached hydrogens (tertiary/aromatic N) is 3. The molecule has 1 atom stereocenters. The van der Waals surface area contributed by atoms with Crippen LogP contribution in [0.15, 0.2) is 48.8 Å². The van der Waals surface area contributed by atoms with E-state index in [1.165, 1.54) is 6.20 Å². The molecule has 2 aromatic heterocycles. The molecule has 1 aromatic carbocycles. The predicted molar refractivity (Wildman–Crippen MR) is 136 cm³/mol. The minimum atomic E-state index is -0.896. The number of ether oxygens (including phenoxy) is 1. The van der Waals surface area contributed by atoms with Gasteiger partial charge in [0.1, 0.15) is 5.75 Å². The third-order valence-electron chi connectivity index (χ3n) is 7.20. The second-order valence-electron chi connectivity index (χ2n) is 9.31. The molecule has 1 saturated heterocycles. The molecule has 0 bridgehead atoms. The molecule has 2 N–H and O–H groups in total. The second kappa shape index (κ2) is 11.3. The smallest absolute Gasteiger partial charge is 0.309 e. The first-order chi connectivity index (χ1) is 16.9. The summed E-state index contributed by atoms with van der Waals surface area (Å²) in [6, 6.07) is 11.4. The third kappa shape index (κ3) is 5.92. The number of carboxylic acids is 1. The molecule has 1 aliphatic heterocycles. The lowest BCUT2D eigenvalue weighted by Crippen LogP contribution is -2.44. The lowest BCUT2D eigenvalue weighted by molar-refractivity contribution is -0.153. The number of methoxy groups -OCH3 is 1. The van der Waals surface area contributed by atoms with Crippen LogP contribution in [0.1, 0.15) is 49.5 Å². The number of aliphatic carboxylic acids is 1. The monoisotopic (exact) mass is 497 g/mol. The molecule has 0 aliphatic carbocycles. The molecular weight excluding hydrogens is 466 g/mol. The number of fused-ring (bicyclic) bond motifs is 1. The summed E-state index contributed by atoms with van der Waals surface area (Å²) in [6.07, 6.45) is 6.18. The maximum Gasteiger partial charge on any atom is 0.309 e. The number of aryl methyl sites for hydroxylation is 1. The zero-order valence-electron chi connectivity index (χ0n) is 20.0. The Morgan fingerprint density at radius 1 is 1.23 bits per heavy atom. The summed E-state index contributed by atoms with van der Waals surface area (Å²) >= 11 is 6.43. The number of hydrogen-bond donors (Lipinski definition) is 2. The van der Waals surface area contributed by atoms with Gasteiger partial charge in [0.15, 0.2) is 0 Å². The topological polar surface area (TPSA) is 95.8 Å². The average molecular weight is 498 g/mol. The van der Waals surface area contributed by atoms with Crippen LogP contribution in [0.4, 0.5) is 0 Å². The molecule has 186 valence electrons. The molecule has 3 aromatic rings. The molecule has 3 heterocycles. The number of piperidine rings is 1. The van der Waals surface area contributed by atoms with Crippen molar-refractivity contribution in [3.8, 4) is 5.75 Å². The van der Waals surface area contributed by atoms with Gasteiger partial charge in [-0.1, -0.05) is 17.7 Å². The van der Waals surface area contributed by atoms with E-state index in [0.29, 0.717) is 47.5 Å². The van der Waals surface area contributed by atoms with E-state index in [1.807, 2.05) is 42.6 Å². The van der Waals surface area contributed by atoms with Crippen LogP contribution in [0.5, 0.6) is 5.75 Å². The molecule has 1 aliphatic rings. The van der Waals surface area contributed by atoms with E-state index in [1.54, 1.807) is 7.11 Å². The van der Waals surface area contributed by atoms with Crippen molar-refractivity contribution in [1.82, 2.24) is 14.9 Å². The molecule has 7 nitrogen and oxygen atoms in total. The van der Waals surface area contributed by atoms with Gasteiger partial charge in [0.2, 0.25) is 0 Å². The van der Waals surface area contributed by atoms with Crippen LogP contribution in [-0.4, -0.2) is 57.8 Å². The van der Waals surface area contributed by atoms with Crippen LogP contribution in [-0.2, 0) is 11.2 Å². The van der Waals surface area contributed by atoms with Crippen molar-refractivity contribution in [1.29, 1.82) is 0 Å².